The average Bonchev–Trinajstić information content (AvgIpc) is 3.69. The molecule has 1 aromatic carbocycles. The first-order valence-electron chi connectivity index (χ1n) is 13.7. The maximum atomic E-state index is 14.8. The number of carbonyl (C=O) groups excluding carboxylic acids is 2. The molecule has 1 amide bonds. The lowest BCUT2D eigenvalue weighted by atomic mass is 10.1. The number of aromatic nitrogens is 7. The van der Waals surface area contributed by atoms with Crippen LogP contribution in [0.5, 0.6) is 0 Å². The molecule has 232 valence electrons. The lowest BCUT2D eigenvalue weighted by Gasteiger charge is -2.27. The minimum Gasteiger partial charge on any atom is -0.353 e. The molecule has 1 fully saturated rings. The number of Topliss-reactive ketones (excluding diaryl/α,β-unsaturated/α-hetero) is 1. The van der Waals surface area contributed by atoms with E-state index in [-0.39, 0.29) is 42.6 Å². The summed E-state index contributed by atoms with van der Waals surface area (Å²) < 4.78 is 57.1. The predicted octanol–water partition coefficient (Wildman–Crippen LogP) is 4.71. The summed E-state index contributed by atoms with van der Waals surface area (Å²) in [7, 11) is 0. The molecule has 45 heavy (non-hydrogen) atoms. The van der Waals surface area contributed by atoms with Gasteiger partial charge in [0.25, 0.3) is 11.6 Å². The fourth-order valence-corrected chi connectivity index (χ4v) is 5.39. The zero-order valence-electron chi connectivity index (χ0n) is 24.0. The second-order valence-electron chi connectivity index (χ2n) is 10.7. The van der Waals surface area contributed by atoms with E-state index in [0.29, 0.717) is 33.5 Å². The second kappa shape index (κ2) is 11.3. The molecular weight excluding hydrogens is 596 g/mol. The molecular formula is C29H26F4N10O2. The molecule has 5 heterocycles. The maximum Gasteiger partial charge on any atom is 0.453 e. The van der Waals surface area contributed by atoms with E-state index in [1.807, 2.05) is 0 Å². The number of rotatable bonds is 8. The number of amides is 1. The van der Waals surface area contributed by atoms with Gasteiger partial charge >= 0.3 is 6.18 Å². The third-order valence-electron chi connectivity index (χ3n) is 7.37. The minimum atomic E-state index is -4.79. The molecule has 1 aliphatic heterocycles. The number of anilines is 3. The number of fused-ring (bicyclic) bond motifs is 2. The van der Waals surface area contributed by atoms with Crippen LogP contribution in [0.4, 0.5) is 34.8 Å². The number of carbonyl (C=O) groups is 2. The summed E-state index contributed by atoms with van der Waals surface area (Å²) in [4.78, 5) is 42.9. The van der Waals surface area contributed by atoms with Crippen molar-refractivity contribution in [3.8, 4) is 0 Å². The number of aryl methyl sites for hydroxylation is 1. The van der Waals surface area contributed by atoms with Gasteiger partial charge in [-0.15, -0.1) is 5.10 Å². The summed E-state index contributed by atoms with van der Waals surface area (Å²) in [6, 6.07) is 5.97. The van der Waals surface area contributed by atoms with Crippen molar-refractivity contribution in [2.45, 2.75) is 45.2 Å². The highest BCUT2D eigenvalue weighted by atomic mass is 19.4. The van der Waals surface area contributed by atoms with Crippen LogP contribution >= 0.6 is 0 Å². The van der Waals surface area contributed by atoms with Crippen LogP contribution in [0.1, 0.15) is 35.2 Å². The average molecular weight is 623 g/mol. The first-order valence-corrected chi connectivity index (χ1v) is 13.7. The number of halogens is 4. The largest absolute Gasteiger partial charge is 0.453 e. The van der Waals surface area contributed by atoms with Crippen LogP contribution in [0.3, 0.4) is 0 Å². The van der Waals surface area contributed by atoms with E-state index >= 15 is 0 Å². The van der Waals surface area contributed by atoms with Gasteiger partial charge in [-0.3, -0.25) is 9.59 Å². The molecule has 2 N–H and O–H groups in total. The van der Waals surface area contributed by atoms with Crippen LogP contribution in [-0.2, 0) is 17.5 Å². The van der Waals surface area contributed by atoms with Crippen LogP contribution < -0.4 is 10.6 Å². The van der Waals surface area contributed by atoms with Gasteiger partial charge in [-0.2, -0.15) is 22.7 Å². The third-order valence-corrected chi connectivity index (χ3v) is 7.37. The summed E-state index contributed by atoms with van der Waals surface area (Å²) >= 11 is 0. The van der Waals surface area contributed by atoms with Gasteiger partial charge in [0.2, 0.25) is 5.91 Å². The Morgan fingerprint density at radius 2 is 1.87 bits per heavy atom. The van der Waals surface area contributed by atoms with E-state index in [4.69, 9.17) is 0 Å². The Morgan fingerprint density at radius 1 is 1.11 bits per heavy atom. The Balaban J connectivity index is 1.25. The highest BCUT2D eigenvalue weighted by Gasteiger charge is 2.39. The Labute approximate surface area is 252 Å². The number of ketones is 1. The lowest BCUT2D eigenvalue weighted by molar-refractivity contribution is -0.144. The van der Waals surface area contributed by atoms with E-state index in [0.717, 1.165) is 4.52 Å². The molecule has 1 aliphatic rings. The standard InChI is InChI=1S/C29H26F4N10O2/c1-15-6-25(43-28(36-15)39-27(40-43)29(31,32)33)37-16(2)24-7-18(30)11-42(24)26(45)13-41-12-22(17(3)44)21-8-19(4-5-23(21)41)38-20-9-34-14-35-10-20/h4-6,8-10,12,14,18,24,37-38H,2,7,11,13H2,1,3H3/t18-,24?/m1/s1. The van der Waals surface area contributed by atoms with Crippen LogP contribution in [0.2, 0.25) is 0 Å². The topological polar surface area (TPSA) is 135 Å². The van der Waals surface area contributed by atoms with Crippen molar-refractivity contribution in [1.82, 2.24) is 39.0 Å². The number of hydrogen-bond donors (Lipinski definition) is 2. The van der Waals surface area contributed by atoms with Crippen LogP contribution in [0, 0.1) is 6.92 Å². The van der Waals surface area contributed by atoms with Crippen molar-refractivity contribution in [3.05, 3.63) is 78.5 Å². The van der Waals surface area contributed by atoms with Gasteiger partial charge in [-0.05, 0) is 32.0 Å². The normalized spacial score (nSPS) is 16.8. The van der Waals surface area contributed by atoms with Crippen molar-refractivity contribution in [2.24, 2.45) is 0 Å². The van der Waals surface area contributed by atoms with E-state index in [9.17, 15) is 27.2 Å². The highest BCUT2D eigenvalue weighted by molar-refractivity contribution is 6.08. The summed E-state index contributed by atoms with van der Waals surface area (Å²) in [6.07, 6.45) is -0.0152. The Kier molecular flexibility index (Phi) is 7.42. The zero-order valence-corrected chi connectivity index (χ0v) is 24.0. The van der Waals surface area contributed by atoms with Crippen molar-refractivity contribution in [2.75, 3.05) is 17.2 Å². The first kappa shape index (κ1) is 29.7. The Bertz CT molecular complexity index is 1950. The molecule has 0 radical (unpaired) electrons. The fraction of sp³-hybridized carbons (Fsp3) is 0.276. The predicted molar refractivity (Wildman–Crippen MR) is 156 cm³/mol. The number of hydrogen-bond acceptors (Lipinski definition) is 9. The number of nitrogens with one attached hydrogen (secondary N) is 2. The lowest BCUT2D eigenvalue weighted by Crippen LogP contribution is -2.40. The van der Waals surface area contributed by atoms with Gasteiger partial charge in [-0.1, -0.05) is 6.58 Å². The number of likely N-dealkylation sites (tertiary alicyclic amines) is 1. The number of alkyl halides is 4. The monoisotopic (exact) mass is 622 g/mol. The van der Waals surface area contributed by atoms with Gasteiger partial charge in [0.15, 0.2) is 5.78 Å². The van der Waals surface area contributed by atoms with E-state index in [2.05, 4.69) is 42.2 Å². The molecule has 1 unspecified atom stereocenters. The van der Waals surface area contributed by atoms with Gasteiger partial charge in [-0.25, -0.2) is 19.3 Å². The summed E-state index contributed by atoms with van der Waals surface area (Å²) in [6.45, 7) is 6.57. The molecule has 4 aromatic heterocycles. The summed E-state index contributed by atoms with van der Waals surface area (Å²) in [5, 5.41) is 10.2. The quantitative estimate of drug-likeness (QED) is 0.186. The van der Waals surface area contributed by atoms with Crippen molar-refractivity contribution < 1.29 is 27.2 Å². The number of benzene rings is 1. The summed E-state index contributed by atoms with van der Waals surface area (Å²) in [5.74, 6) is -2.20. The fourth-order valence-electron chi connectivity index (χ4n) is 5.39. The van der Waals surface area contributed by atoms with Gasteiger partial charge in [0.05, 0.1) is 30.7 Å². The first-order chi connectivity index (χ1) is 21.4. The number of nitrogens with zero attached hydrogens (tertiary/aromatic N) is 8. The van der Waals surface area contributed by atoms with E-state index in [1.165, 1.54) is 24.2 Å². The minimum absolute atomic E-state index is 0.0701. The smallest absolute Gasteiger partial charge is 0.353 e. The second-order valence-corrected chi connectivity index (χ2v) is 10.7. The molecule has 0 bridgehead atoms. The van der Waals surface area contributed by atoms with Crippen molar-refractivity contribution in [3.63, 3.8) is 0 Å². The summed E-state index contributed by atoms with van der Waals surface area (Å²) in [5.41, 5.74) is 2.90. The molecule has 6 rings (SSSR count). The maximum absolute atomic E-state index is 14.8. The van der Waals surface area contributed by atoms with Crippen molar-refractivity contribution >= 4 is 45.6 Å². The molecule has 5 aromatic rings. The zero-order chi connectivity index (χ0) is 32.0. The molecule has 1 saturated heterocycles. The third kappa shape index (κ3) is 5.90. The molecule has 0 spiro atoms. The van der Waals surface area contributed by atoms with Gasteiger partial charge in [0, 0.05) is 52.2 Å². The molecule has 0 aliphatic carbocycles. The van der Waals surface area contributed by atoms with E-state index in [1.54, 1.807) is 48.3 Å². The SMILES string of the molecule is C=C(Nc1cc(C)nc2nc(C(F)(F)F)nn12)C1C[C@@H](F)CN1C(=O)Cn1cc(C(C)=O)c2cc(Nc3cncnc3)ccc21. The molecule has 0 saturated carbocycles. The molecule has 16 heteroatoms. The van der Waals surface area contributed by atoms with Crippen LogP contribution in [0.15, 0.2) is 61.5 Å². The molecule has 2 atom stereocenters. The van der Waals surface area contributed by atoms with Crippen LogP contribution in [-0.4, -0.2) is 69.5 Å². The van der Waals surface area contributed by atoms with Crippen LogP contribution in [0.25, 0.3) is 16.7 Å². The Hall–Kier alpha value is -5.41. The van der Waals surface area contributed by atoms with E-state index < -0.39 is 30.1 Å². The highest BCUT2D eigenvalue weighted by Crippen LogP contribution is 2.31. The van der Waals surface area contributed by atoms with Gasteiger partial charge < -0.3 is 20.1 Å². The molecule has 12 nitrogen and oxygen atoms in total. The van der Waals surface area contributed by atoms with Crippen molar-refractivity contribution in [1.29, 1.82) is 0 Å². The Morgan fingerprint density at radius 3 is 2.58 bits per heavy atom. The van der Waals surface area contributed by atoms with Gasteiger partial charge in [0.1, 0.15) is 24.9 Å².